The number of hydrogen-bond donors (Lipinski definition) is 0. The van der Waals surface area contributed by atoms with Gasteiger partial charge in [-0.2, -0.15) is 4.98 Å². The summed E-state index contributed by atoms with van der Waals surface area (Å²) in [5.74, 6) is 0.806. The quantitative estimate of drug-likeness (QED) is 0.689. The maximum absolute atomic E-state index is 12.3. The first kappa shape index (κ1) is 18.3. The van der Waals surface area contributed by atoms with E-state index in [4.69, 9.17) is 9.47 Å². The number of rotatable bonds is 4. The molecule has 0 bridgehead atoms. The van der Waals surface area contributed by atoms with Gasteiger partial charge in [0.15, 0.2) is 6.10 Å². The Labute approximate surface area is 164 Å². The zero-order chi connectivity index (χ0) is 19.7. The van der Waals surface area contributed by atoms with Crippen molar-refractivity contribution in [1.82, 2.24) is 9.55 Å². The lowest BCUT2D eigenvalue weighted by Crippen LogP contribution is -2.23. The fourth-order valence-corrected chi connectivity index (χ4v) is 3.25. The second-order valence-corrected chi connectivity index (χ2v) is 8.09. The lowest BCUT2D eigenvalue weighted by molar-refractivity contribution is 0.143. The average molecular weight is 376 g/mol. The van der Waals surface area contributed by atoms with Gasteiger partial charge in [0, 0.05) is 6.20 Å². The molecule has 5 nitrogen and oxygen atoms in total. The lowest BCUT2D eigenvalue weighted by atomic mass is 9.87. The van der Waals surface area contributed by atoms with Crippen LogP contribution >= 0.6 is 0 Å². The van der Waals surface area contributed by atoms with Crippen LogP contribution in [0.5, 0.6) is 11.8 Å². The van der Waals surface area contributed by atoms with E-state index in [1.807, 2.05) is 53.2 Å². The Kier molecular flexibility index (Phi) is 4.67. The molecule has 0 aliphatic carbocycles. The van der Waals surface area contributed by atoms with Gasteiger partial charge in [-0.05, 0) is 28.7 Å². The maximum Gasteiger partial charge on any atom is 0.300 e. The Balaban J connectivity index is 1.43. The third-order valence-electron chi connectivity index (χ3n) is 4.87. The van der Waals surface area contributed by atoms with Gasteiger partial charge in [0.2, 0.25) is 0 Å². The molecular formula is C23H24N2O3. The minimum absolute atomic E-state index is 0.115. The summed E-state index contributed by atoms with van der Waals surface area (Å²) >= 11 is 0. The van der Waals surface area contributed by atoms with Crippen LogP contribution in [-0.4, -0.2) is 22.3 Å². The van der Waals surface area contributed by atoms with Crippen molar-refractivity contribution < 1.29 is 9.47 Å². The third-order valence-corrected chi connectivity index (χ3v) is 4.87. The van der Waals surface area contributed by atoms with Crippen LogP contribution in [0.2, 0.25) is 0 Å². The topological polar surface area (TPSA) is 53.4 Å². The second-order valence-electron chi connectivity index (χ2n) is 8.09. The summed E-state index contributed by atoms with van der Waals surface area (Å²) in [6, 6.07) is 18.0. The van der Waals surface area contributed by atoms with Crippen molar-refractivity contribution in [2.45, 2.75) is 38.8 Å². The largest absolute Gasteiger partial charge is 0.490 e. The van der Waals surface area contributed by atoms with Crippen molar-refractivity contribution in [2.24, 2.45) is 0 Å². The highest BCUT2D eigenvalue weighted by Crippen LogP contribution is 2.25. The first-order valence-electron chi connectivity index (χ1n) is 9.47. The number of hydrogen-bond acceptors (Lipinski definition) is 4. The second kappa shape index (κ2) is 7.15. The van der Waals surface area contributed by atoms with Crippen LogP contribution in [0.15, 0.2) is 65.6 Å². The zero-order valence-electron chi connectivity index (χ0n) is 16.4. The molecule has 1 unspecified atom stereocenters. The van der Waals surface area contributed by atoms with Crippen LogP contribution in [0.1, 0.15) is 26.3 Å². The van der Waals surface area contributed by atoms with E-state index in [9.17, 15) is 4.79 Å². The molecule has 1 atom stereocenters. The van der Waals surface area contributed by atoms with Gasteiger partial charge in [0.05, 0.1) is 12.1 Å². The summed E-state index contributed by atoms with van der Waals surface area (Å²) in [5.41, 5.74) is 2.53. The summed E-state index contributed by atoms with van der Waals surface area (Å²) in [5, 5.41) is 0. The first-order valence-corrected chi connectivity index (χ1v) is 9.47. The van der Waals surface area contributed by atoms with Gasteiger partial charge in [-0.3, -0.25) is 9.36 Å². The van der Waals surface area contributed by atoms with E-state index in [1.54, 1.807) is 0 Å². The molecule has 0 radical (unpaired) electrons. The molecule has 0 saturated heterocycles. The number of nitrogens with zero attached hydrogens (tertiary/aromatic N) is 2. The van der Waals surface area contributed by atoms with Gasteiger partial charge in [0.1, 0.15) is 12.4 Å². The van der Waals surface area contributed by atoms with Gasteiger partial charge in [-0.1, -0.05) is 63.2 Å². The summed E-state index contributed by atoms with van der Waals surface area (Å²) in [7, 11) is 0. The number of ether oxygens (including phenoxy) is 2. The average Bonchev–Trinajstić information content (AvgIpc) is 3.07. The van der Waals surface area contributed by atoms with E-state index in [0.717, 1.165) is 11.3 Å². The standard InChI is InChI=1S/C23H24N2O3/c1-23(2,3)17-9-11-18(12-10-17)27-15-19-13-25-14-20(16-7-5-4-6-8-16)21(26)24-22(25)28-19/h4-12,14,19H,13,15H2,1-3H3. The molecular weight excluding hydrogens is 352 g/mol. The SMILES string of the molecule is CC(C)(C)c1ccc(OCC2Cn3cc(-c4ccccc4)c(=O)nc3O2)cc1. The van der Waals surface area contributed by atoms with E-state index in [-0.39, 0.29) is 17.1 Å². The number of aromatic nitrogens is 2. The van der Waals surface area contributed by atoms with Crippen LogP contribution in [0.4, 0.5) is 0 Å². The Morgan fingerprint density at radius 1 is 1.11 bits per heavy atom. The highest BCUT2D eigenvalue weighted by molar-refractivity contribution is 5.61. The fraction of sp³-hybridized carbons (Fsp3) is 0.304. The number of benzene rings is 2. The predicted molar refractivity (Wildman–Crippen MR) is 109 cm³/mol. The molecule has 5 heteroatoms. The molecule has 1 aliphatic heterocycles. The molecule has 28 heavy (non-hydrogen) atoms. The van der Waals surface area contributed by atoms with E-state index < -0.39 is 0 Å². The van der Waals surface area contributed by atoms with Gasteiger partial charge in [-0.25, -0.2) is 0 Å². The Morgan fingerprint density at radius 3 is 2.50 bits per heavy atom. The highest BCUT2D eigenvalue weighted by atomic mass is 16.6. The van der Waals surface area contributed by atoms with Crippen LogP contribution in [-0.2, 0) is 12.0 Å². The molecule has 144 valence electrons. The summed E-state index contributed by atoms with van der Waals surface area (Å²) < 4.78 is 13.6. The zero-order valence-corrected chi connectivity index (χ0v) is 16.4. The summed E-state index contributed by atoms with van der Waals surface area (Å²) in [6.07, 6.45) is 1.64. The summed E-state index contributed by atoms with van der Waals surface area (Å²) in [6.45, 7) is 7.55. The molecule has 3 aromatic rings. The molecule has 1 aliphatic rings. The van der Waals surface area contributed by atoms with Crippen LogP contribution < -0.4 is 15.0 Å². The van der Waals surface area contributed by atoms with Crippen molar-refractivity contribution in [3.8, 4) is 22.9 Å². The molecule has 0 fully saturated rings. The van der Waals surface area contributed by atoms with Gasteiger partial charge in [0.25, 0.3) is 11.6 Å². The normalized spacial score (nSPS) is 15.8. The van der Waals surface area contributed by atoms with Crippen LogP contribution in [0.3, 0.4) is 0 Å². The van der Waals surface area contributed by atoms with Gasteiger partial charge >= 0.3 is 0 Å². The smallest absolute Gasteiger partial charge is 0.300 e. The van der Waals surface area contributed by atoms with Crippen molar-refractivity contribution in [2.75, 3.05) is 6.61 Å². The van der Waals surface area contributed by atoms with Crippen molar-refractivity contribution in [1.29, 1.82) is 0 Å². The molecule has 1 aromatic heterocycles. The van der Waals surface area contributed by atoms with Crippen molar-refractivity contribution in [3.63, 3.8) is 0 Å². The predicted octanol–water partition coefficient (Wildman–Crippen LogP) is 4.05. The minimum Gasteiger partial charge on any atom is -0.490 e. The van der Waals surface area contributed by atoms with Crippen molar-refractivity contribution in [3.05, 3.63) is 76.7 Å². The van der Waals surface area contributed by atoms with E-state index in [2.05, 4.69) is 37.9 Å². The molecule has 0 saturated carbocycles. The molecule has 0 amide bonds. The first-order chi connectivity index (χ1) is 13.4. The number of fused-ring (bicyclic) bond motifs is 1. The molecule has 2 aromatic carbocycles. The molecule has 0 spiro atoms. The Bertz CT molecular complexity index is 1020. The monoisotopic (exact) mass is 376 g/mol. The van der Waals surface area contributed by atoms with E-state index in [1.165, 1.54) is 5.56 Å². The maximum atomic E-state index is 12.3. The summed E-state index contributed by atoms with van der Waals surface area (Å²) in [4.78, 5) is 16.4. The van der Waals surface area contributed by atoms with E-state index in [0.29, 0.717) is 24.7 Å². The third kappa shape index (κ3) is 3.79. The van der Waals surface area contributed by atoms with E-state index >= 15 is 0 Å². The van der Waals surface area contributed by atoms with Crippen LogP contribution in [0.25, 0.3) is 11.1 Å². The Hall–Kier alpha value is -3.08. The fourth-order valence-electron chi connectivity index (χ4n) is 3.25. The van der Waals surface area contributed by atoms with Gasteiger partial charge in [-0.15, -0.1) is 0 Å². The Morgan fingerprint density at radius 2 is 1.82 bits per heavy atom. The molecule has 4 rings (SSSR count). The highest BCUT2D eigenvalue weighted by Gasteiger charge is 2.25. The molecule has 2 heterocycles. The lowest BCUT2D eigenvalue weighted by Gasteiger charge is -2.19. The molecule has 0 N–H and O–H groups in total. The van der Waals surface area contributed by atoms with Crippen molar-refractivity contribution >= 4 is 0 Å². The van der Waals surface area contributed by atoms with Gasteiger partial charge < -0.3 is 9.47 Å². The van der Waals surface area contributed by atoms with Crippen LogP contribution in [0, 0.1) is 0 Å². The minimum atomic E-state index is -0.281.